The van der Waals surface area contributed by atoms with Gasteiger partial charge in [0.05, 0.1) is 6.54 Å². The molecule has 1 unspecified atom stereocenters. The van der Waals surface area contributed by atoms with Crippen LogP contribution in [0, 0.1) is 0 Å². The number of piperazine rings is 1. The third-order valence-electron chi connectivity index (χ3n) is 3.32. The first-order valence-electron chi connectivity index (χ1n) is 6.10. The minimum atomic E-state index is -0.258. The van der Waals surface area contributed by atoms with Crippen LogP contribution in [0.3, 0.4) is 0 Å². The monoisotopic (exact) mass is 241 g/mol. The predicted octanol–water partition coefficient (Wildman–Crippen LogP) is -1.21. The summed E-state index contributed by atoms with van der Waals surface area (Å²) in [7, 11) is 0. The van der Waals surface area contributed by atoms with Gasteiger partial charge in [-0.2, -0.15) is 0 Å². The molecule has 2 heterocycles. The van der Waals surface area contributed by atoms with Crippen LogP contribution in [0.2, 0.25) is 0 Å². The first-order valence-corrected chi connectivity index (χ1v) is 6.10. The summed E-state index contributed by atoms with van der Waals surface area (Å²) >= 11 is 0. The Balaban J connectivity index is 1.82. The van der Waals surface area contributed by atoms with Crippen molar-refractivity contribution >= 4 is 11.8 Å². The number of carbonyl (C=O) groups is 2. The Labute approximate surface area is 101 Å². The van der Waals surface area contributed by atoms with E-state index in [1.807, 2.05) is 0 Å². The smallest absolute Gasteiger partial charge is 0.251 e. The lowest BCUT2D eigenvalue weighted by molar-refractivity contribution is -0.145. The maximum atomic E-state index is 12.0. The van der Waals surface area contributed by atoms with Gasteiger partial charge in [-0.25, -0.2) is 0 Å². The van der Waals surface area contributed by atoms with Crippen LogP contribution in [0.25, 0.3) is 0 Å². The third-order valence-corrected chi connectivity index (χ3v) is 3.32. The molecule has 0 radical (unpaired) electrons. The summed E-state index contributed by atoms with van der Waals surface area (Å²) in [5.41, 5.74) is 5.31. The molecule has 2 aliphatic rings. The van der Waals surface area contributed by atoms with Crippen LogP contribution in [0.5, 0.6) is 0 Å². The molecule has 2 amide bonds. The highest BCUT2D eigenvalue weighted by Crippen LogP contribution is 2.15. The molecule has 17 heavy (non-hydrogen) atoms. The van der Waals surface area contributed by atoms with Crippen molar-refractivity contribution in [2.75, 3.05) is 39.3 Å². The van der Waals surface area contributed by atoms with Crippen LogP contribution >= 0.6 is 0 Å². The van der Waals surface area contributed by atoms with Gasteiger partial charge in [-0.15, -0.1) is 0 Å². The molecule has 0 bridgehead atoms. The molecule has 0 aromatic rings. The highest BCUT2D eigenvalue weighted by Gasteiger charge is 2.30. The summed E-state index contributed by atoms with van der Waals surface area (Å²) in [6, 6.07) is 0. The van der Waals surface area contributed by atoms with Crippen LogP contribution in [0.1, 0.15) is 12.8 Å². The molecule has 0 spiro atoms. The molecule has 2 N–H and O–H groups in total. The van der Waals surface area contributed by atoms with Crippen molar-refractivity contribution in [2.24, 2.45) is 5.73 Å². The van der Waals surface area contributed by atoms with Crippen LogP contribution in [0.4, 0.5) is 0 Å². The van der Waals surface area contributed by atoms with E-state index in [0.717, 1.165) is 12.8 Å². The summed E-state index contributed by atoms with van der Waals surface area (Å²) < 4.78 is 5.37. The molecular weight excluding hydrogens is 222 g/mol. The van der Waals surface area contributed by atoms with Gasteiger partial charge in [0.25, 0.3) is 5.91 Å². The number of amides is 2. The number of nitrogens with zero attached hydrogens (tertiary/aromatic N) is 2. The van der Waals surface area contributed by atoms with Gasteiger partial charge in [-0.05, 0) is 12.8 Å². The van der Waals surface area contributed by atoms with Crippen molar-refractivity contribution in [1.82, 2.24) is 9.80 Å². The second kappa shape index (κ2) is 5.46. The maximum absolute atomic E-state index is 12.0. The number of hydrogen-bond donors (Lipinski definition) is 1. The van der Waals surface area contributed by atoms with E-state index in [4.69, 9.17) is 10.5 Å². The predicted molar refractivity (Wildman–Crippen MR) is 61.2 cm³/mol. The van der Waals surface area contributed by atoms with E-state index in [-0.39, 0.29) is 24.5 Å². The third kappa shape index (κ3) is 2.76. The quantitative estimate of drug-likeness (QED) is 0.658. The average Bonchev–Trinajstić information content (AvgIpc) is 2.91. The lowest BCUT2D eigenvalue weighted by atomic mass is 10.2. The lowest BCUT2D eigenvalue weighted by Gasteiger charge is -2.35. The van der Waals surface area contributed by atoms with Crippen molar-refractivity contribution in [3.05, 3.63) is 0 Å². The Morgan fingerprint density at radius 2 is 1.82 bits per heavy atom. The summed E-state index contributed by atoms with van der Waals surface area (Å²) in [5.74, 6) is 0.0246. The Morgan fingerprint density at radius 3 is 2.35 bits per heavy atom. The Kier molecular flexibility index (Phi) is 3.96. The van der Waals surface area contributed by atoms with Gasteiger partial charge in [-0.1, -0.05) is 0 Å². The zero-order chi connectivity index (χ0) is 12.3. The van der Waals surface area contributed by atoms with Gasteiger partial charge in [0.1, 0.15) is 6.10 Å². The van der Waals surface area contributed by atoms with Crippen molar-refractivity contribution < 1.29 is 14.3 Å². The summed E-state index contributed by atoms with van der Waals surface area (Å²) in [4.78, 5) is 26.9. The number of carbonyl (C=O) groups excluding carboxylic acids is 2. The zero-order valence-corrected chi connectivity index (χ0v) is 9.93. The minimum Gasteiger partial charge on any atom is -0.368 e. The molecule has 0 aromatic heterocycles. The molecule has 96 valence electrons. The largest absolute Gasteiger partial charge is 0.368 e. The molecule has 1 atom stereocenters. The van der Waals surface area contributed by atoms with E-state index in [9.17, 15) is 9.59 Å². The minimum absolute atomic E-state index is 0.0414. The van der Waals surface area contributed by atoms with E-state index in [2.05, 4.69) is 0 Å². The number of rotatable bonds is 2. The van der Waals surface area contributed by atoms with Gasteiger partial charge in [0.2, 0.25) is 5.91 Å². The fraction of sp³-hybridized carbons (Fsp3) is 0.818. The van der Waals surface area contributed by atoms with Crippen molar-refractivity contribution in [2.45, 2.75) is 18.9 Å². The molecule has 2 fully saturated rings. The van der Waals surface area contributed by atoms with Gasteiger partial charge < -0.3 is 20.3 Å². The molecule has 0 saturated carbocycles. The second-order valence-electron chi connectivity index (χ2n) is 4.41. The zero-order valence-electron chi connectivity index (χ0n) is 9.93. The van der Waals surface area contributed by atoms with Crippen molar-refractivity contribution in [3.8, 4) is 0 Å². The van der Waals surface area contributed by atoms with Crippen LogP contribution in [-0.2, 0) is 14.3 Å². The van der Waals surface area contributed by atoms with Crippen molar-refractivity contribution in [3.63, 3.8) is 0 Å². The molecule has 6 heteroatoms. The molecule has 2 saturated heterocycles. The number of ether oxygens (including phenoxy) is 1. The van der Waals surface area contributed by atoms with E-state index in [1.165, 1.54) is 0 Å². The first-order chi connectivity index (χ1) is 8.22. The van der Waals surface area contributed by atoms with E-state index in [1.54, 1.807) is 9.80 Å². The van der Waals surface area contributed by atoms with E-state index >= 15 is 0 Å². The molecule has 0 aromatic carbocycles. The molecular formula is C11H19N3O3. The van der Waals surface area contributed by atoms with Crippen LogP contribution in [-0.4, -0.2) is 67.0 Å². The summed E-state index contributed by atoms with van der Waals surface area (Å²) in [6.45, 7) is 3.06. The lowest BCUT2D eigenvalue weighted by Crippen LogP contribution is -2.53. The summed E-state index contributed by atoms with van der Waals surface area (Å²) in [5, 5.41) is 0. The van der Waals surface area contributed by atoms with Crippen LogP contribution in [0.15, 0.2) is 0 Å². The fourth-order valence-corrected chi connectivity index (χ4v) is 2.28. The Hall–Kier alpha value is -1.14. The SMILES string of the molecule is NCC(=O)N1CCN(C(=O)C2CCCO2)CC1. The topological polar surface area (TPSA) is 75.9 Å². The highest BCUT2D eigenvalue weighted by molar-refractivity contribution is 5.82. The molecule has 2 rings (SSSR count). The van der Waals surface area contributed by atoms with Crippen LogP contribution < -0.4 is 5.73 Å². The highest BCUT2D eigenvalue weighted by atomic mass is 16.5. The average molecular weight is 241 g/mol. The number of nitrogens with two attached hydrogens (primary N) is 1. The van der Waals surface area contributed by atoms with E-state index in [0.29, 0.717) is 32.8 Å². The molecule has 2 aliphatic heterocycles. The van der Waals surface area contributed by atoms with E-state index < -0.39 is 0 Å². The molecule has 6 nitrogen and oxygen atoms in total. The van der Waals surface area contributed by atoms with Gasteiger partial charge >= 0.3 is 0 Å². The number of hydrogen-bond acceptors (Lipinski definition) is 4. The van der Waals surface area contributed by atoms with Gasteiger partial charge in [-0.3, -0.25) is 9.59 Å². The fourth-order valence-electron chi connectivity index (χ4n) is 2.28. The maximum Gasteiger partial charge on any atom is 0.251 e. The first kappa shape index (κ1) is 12.3. The Morgan fingerprint density at radius 1 is 1.18 bits per heavy atom. The van der Waals surface area contributed by atoms with Crippen molar-refractivity contribution in [1.29, 1.82) is 0 Å². The normalized spacial score (nSPS) is 25.1. The van der Waals surface area contributed by atoms with Gasteiger partial charge in [0, 0.05) is 32.8 Å². The standard InChI is InChI=1S/C11H19N3O3/c12-8-10(15)13-3-5-14(6-4-13)11(16)9-2-1-7-17-9/h9H,1-8,12H2. The van der Waals surface area contributed by atoms with Gasteiger partial charge in [0.15, 0.2) is 0 Å². The molecule has 0 aliphatic carbocycles. The second-order valence-corrected chi connectivity index (χ2v) is 4.41. The summed E-state index contributed by atoms with van der Waals surface area (Å²) in [6.07, 6.45) is 1.52. The Bertz CT molecular complexity index is 294.